The van der Waals surface area contributed by atoms with Gasteiger partial charge in [0.2, 0.25) is 5.88 Å². The molecule has 1 aliphatic rings. The lowest BCUT2D eigenvalue weighted by atomic mass is 10.2. The molecule has 0 bridgehead atoms. The van der Waals surface area contributed by atoms with E-state index in [1.54, 1.807) is 23.9 Å². The fraction of sp³-hybridized carbons (Fsp3) is 0.312. The third-order valence-corrected chi connectivity index (χ3v) is 4.34. The van der Waals surface area contributed by atoms with E-state index in [0.29, 0.717) is 5.88 Å². The fourth-order valence-corrected chi connectivity index (χ4v) is 2.62. The summed E-state index contributed by atoms with van der Waals surface area (Å²) in [4.78, 5) is 0. The van der Waals surface area contributed by atoms with Crippen molar-refractivity contribution in [3.05, 3.63) is 39.5 Å². The van der Waals surface area contributed by atoms with Crippen molar-refractivity contribution in [1.29, 1.82) is 0 Å². The number of benzene rings is 1. The maximum absolute atomic E-state index is 9.96. The standard InChI is InChI=1S/C16H16Cl2N2O3/c1-9-10(3-4-16(22)5-6-16)15(20(2)19-9)23-14-8-13(21)11(17)7-12(14)18/h3-4,7-8,21-22H,5-6H2,1-2H3/b4-3+. The van der Waals surface area contributed by atoms with Gasteiger partial charge in [-0.2, -0.15) is 5.10 Å². The number of halogens is 2. The number of aromatic hydroxyl groups is 1. The second kappa shape index (κ2) is 5.74. The van der Waals surface area contributed by atoms with Crippen molar-refractivity contribution in [2.24, 2.45) is 7.05 Å². The first kappa shape index (κ1) is 16.2. The Balaban J connectivity index is 1.97. The third-order valence-electron chi connectivity index (χ3n) is 3.74. The number of aliphatic hydroxyl groups is 1. The smallest absolute Gasteiger partial charge is 0.225 e. The monoisotopic (exact) mass is 354 g/mol. The van der Waals surface area contributed by atoms with Gasteiger partial charge >= 0.3 is 0 Å². The minimum atomic E-state index is -0.713. The molecule has 3 rings (SSSR count). The van der Waals surface area contributed by atoms with Gasteiger partial charge in [0, 0.05) is 13.1 Å². The van der Waals surface area contributed by atoms with Gasteiger partial charge in [0.05, 0.1) is 26.9 Å². The lowest BCUT2D eigenvalue weighted by Crippen LogP contribution is -2.00. The Kier molecular flexibility index (Phi) is 4.04. The molecular weight excluding hydrogens is 339 g/mol. The minimum absolute atomic E-state index is 0.116. The van der Waals surface area contributed by atoms with Crippen molar-refractivity contribution >= 4 is 29.3 Å². The van der Waals surface area contributed by atoms with Crippen LogP contribution in [0, 0.1) is 6.92 Å². The van der Waals surface area contributed by atoms with E-state index in [0.717, 1.165) is 24.1 Å². The van der Waals surface area contributed by atoms with Gasteiger partial charge in [-0.3, -0.25) is 0 Å². The van der Waals surface area contributed by atoms with Crippen LogP contribution in [0.4, 0.5) is 0 Å². The predicted octanol–water partition coefficient (Wildman–Crippen LogP) is 4.07. The normalized spacial score (nSPS) is 16.0. The largest absolute Gasteiger partial charge is 0.506 e. The van der Waals surface area contributed by atoms with Crippen molar-refractivity contribution in [3.8, 4) is 17.4 Å². The van der Waals surface area contributed by atoms with Crippen LogP contribution in [-0.4, -0.2) is 25.6 Å². The Hall–Kier alpha value is -1.69. The lowest BCUT2D eigenvalue weighted by molar-refractivity contribution is 0.203. The second-order valence-corrected chi connectivity index (χ2v) is 6.52. The summed E-state index contributed by atoms with van der Waals surface area (Å²) in [7, 11) is 1.75. The summed E-state index contributed by atoms with van der Waals surface area (Å²) in [5, 5.41) is 24.4. The van der Waals surface area contributed by atoms with E-state index in [1.807, 2.05) is 6.92 Å². The molecule has 0 unspecified atom stereocenters. The number of aromatic nitrogens is 2. The average Bonchev–Trinajstić information content (AvgIpc) is 3.14. The number of nitrogens with zero attached hydrogens (tertiary/aromatic N) is 2. The van der Waals surface area contributed by atoms with E-state index >= 15 is 0 Å². The summed E-state index contributed by atoms with van der Waals surface area (Å²) < 4.78 is 7.41. The maximum atomic E-state index is 9.96. The van der Waals surface area contributed by atoms with Gasteiger partial charge in [-0.05, 0) is 31.9 Å². The number of hydrogen-bond acceptors (Lipinski definition) is 4. The van der Waals surface area contributed by atoms with Crippen molar-refractivity contribution in [2.45, 2.75) is 25.4 Å². The number of ether oxygens (including phenoxy) is 1. The lowest BCUT2D eigenvalue weighted by Gasteiger charge is -2.10. The fourth-order valence-electron chi connectivity index (χ4n) is 2.20. The first-order valence-corrected chi connectivity index (χ1v) is 7.86. The molecule has 0 saturated heterocycles. The maximum Gasteiger partial charge on any atom is 0.225 e. The van der Waals surface area contributed by atoms with Crippen LogP contribution in [0.5, 0.6) is 17.4 Å². The highest BCUT2D eigenvalue weighted by molar-refractivity contribution is 6.36. The van der Waals surface area contributed by atoms with Crippen LogP contribution in [-0.2, 0) is 7.05 Å². The molecule has 0 spiro atoms. The molecule has 5 nitrogen and oxygen atoms in total. The highest BCUT2D eigenvalue weighted by Gasteiger charge is 2.37. The SMILES string of the molecule is Cc1nn(C)c(Oc2cc(O)c(Cl)cc2Cl)c1/C=C/C1(O)CC1. The van der Waals surface area contributed by atoms with Gasteiger partial charge in [-0.25, -0.2) is 4.68 Å². The molecule has 1 aromatic heterocycles. The van der Waals surface area contributed by atoms with Crippen LogP contribution in [0.15, 0.2) is 18.2 Å². The Labute approximate surface area is 143 Å². The van der Waals surface area contributed by atoms with Gasteiger partial charge < -0.3 is 14.9 Å². The van der Waals surface area contributed by atoms with Gasteiger partial charge in [0.1, 0.15) is 5.75 Å². The molecule has 0 aliphatic heterocycles. The average molecular weight is 355 g/mol. The van der Waals surface area contributed by atoms with Gasteiger partial charge in [-0.1, -0.05) is 29.3 Å². The minimum Gasteiger partial charge on any atom is -0.506 e. The molecule has 1 saturated carbocycles. The Morgan fingerprint density at radius 3 is 2.65 bits per heavy atom. The van der Waals surface area contributed by atoms with Gasteiger partial charge in [0.25, 0.3) is 0 Å². The number of phenolic OH excluding ortho intramolecular Hbond substituents is 1. The molecule has 2 N–H and O–H groups in total. The molecule has 1 heterocycles. The van der Waals surface area contributed by atoms with E-state index in [2.05, 4.69) is 5.10 Å². The van der Waals surface area contributed by atoms with Gasteiger partial charge in [-0.15, -0.1) is 0 Å². The molecule has 1 aromatic carbocycles. The van der Waals surface area contributed by atoms with Crippen LogP contribution in [0.25, 0.3) is 6.08 Å². The zero-order valence-electron chi connectivity index (χ0n) is 12.7. The quantitative estimate of drug-likeness (QED) is 0.868. The highest BCUT2D eigenvalue weighted by atomic mass is 35.5. The zero-order valence-corrected chi connectivity index (χ0v) is 14.2. The molecule has 0 amide bonds. The van der Waals surface area contributed by atoms with Crippen LogP contribution >= 0.6 is 23.2 Å². The Morgan fingerprint density at radius 1 is 1.30 bits per heavy atom. The van der Waals surface area contributed by atoms with E-state index < -0.39 is 5.60 Å². The molecule has 122 valence electrons. The Bertz CT molecular complexity index is 795. The predicted molar refractivity (Wildman–Crippen MR) is 89.4 cm³/mol. The third kappa shape index (κ3) is 3.32. The van der Waals surface area contributed by atoms with E-state index in [9.17, 15) is 10.2 Å². The topological polar surface area (TPSA) is 67.5 Å². The summed E-state index contributed by atoms with van der Waals surface area (Å²) in [6.07, 6.45) is 5.07. The summed E-state index contributed by atoms with van der Waals surface area (Å²) in [5.74, 6) is 0.623. The summed E-state index contributed by atoms with van der Waals surface area (Å²) >= 11 is 11.9. The highest BCUT2D eigenvalue weighted by Crippen LogP contribution is 2.40. The van der Waals surface area contributed by atoms with Gasteiger partial charge in [0.15, 0.2) is 5.75 Å². The van der Waals surface area contributed by atoms with Crippen LogP contribution < -0.4 is 4.74 Å². The van der Waals surface area contributed by atoms with Crippen molar-refractivity contribution in [1.82, 2.24) is 9.78 Å². The van der Waals surface area contributed by atoms with Crippen LogP contribution in [0.1, 0.15) is 24.1 Å². The molecule has 0 atom stereocenters. The van der Waals surface area contributed by atoms with E-state index in [4.69, 9.17) is 27.9 Å². The summed E-state index contributed by atoms with van der Waals surface area (Å²) in [5.41, 5.74) is 0.797. The first-order valence-electron chi connectivity index (χ1n) is 7.10. The van der Waals surface area contributed by atoms with Crippen molar-refractivity contribution < 1.29 is 14.9 Å². The van der Waals surface area contributed by atoms with Crippen molar-refractivity contribution in [2.75, 3.05) is 0 Å². The number of aryl methyl sites for hydroxylation is 2. The zero-order chi connectivity index (χ0) is 16.8. The van der Waals surface area contributed by atoms with E-state index in [-0.39, 0.29) is 21.5 Å². The molecule has 1 fully saturated rings. The number of phenols is 1. The molecule has 0 radical (unpaired) electrons. The summed E-state index contributed by atoms with van der Waals surface area (Å²) in [6.45, 7) is 1.85. The number of hydrogen-bond donors (Lipinski definition) is 2. The molecule has 2 aromatic rings. The van der Waals surface area contributed by atoms with E-state index in [1.165, 1.54) is 12.1 Å². The Morgan fingerprint density at radius 2 is 2.00 bits per heavy atom. The molecular formula is C16H16Cl2N2O3. The molecule has 7 heteroatoms. The van der Waals surface area contributed by atoms with Crippen LogP contribution in [0.2, 0.25) is 10.0 Å². The van der Waals surface area contributed by atoms with Crippen LogP contribution in [0.3, 0.4) is 0 Å². The number of rotatable bonds is 4. The molecule has 1 aliphatic carbocycles. The van der Waals surface area contributed by atoms with Crippen molar-refractivity contribution in [3.63, 3.8) is 0 Å². The second-order valence-electron chi connectivity index (χ2n) is 5.70. The summed E-state index contributed by atoms with van der Waals surface area (Å²) in [6, 6.07) is 2.77. The first-order chi connectivity index (χ1) is 10.8. The molecule has 23 heavy (non-hydrogen) atoms.